The van der Waals surface area contributed by atoms with E-state index in [1.54, 1.807) is 48.5 Å². The molecule has 1 aromatic carbocycles. The molecule has 2 heterocycles. The molecule has 2 aromatic rings. The molecule has 7 nitrogen and oxygen atoms in total. The Bertz CT molecular complexity index is 966. The quantitative estimate of drug-likeness (QED) is 0.761. The first-order valence-corrected chi connectivity index (χ1v) is 10.9. The number of nitrogens with zero attached hydrogens (tertiary/aromatic N) is 2. The van der Waals surface area contributed by atoms with Gasteiger partial charge in [0.2, 0.25) is 0 Å². The molecule has 0 radical (unpaired) electrons. The molecule has 1 fully saturated rings. The van der Waals surface area contributed by atoms with E-state index < -0.39 is 9.84 Å². The van der Waals surface area contributed by atoms with Crippen LogP contribution in [-0.4, -0.2) is 57.8 Å². The van der Waals surface area contributed by atoms with E-state index in [1.807, 2.05) is 0 Å². The lowest BCUT2D eigenvalue weighted by molar-refractivity contribution is 0.0711. The van der Waals surface area contributed by atoms with Crippen molar-refractivity contribution in [2.75, 3.05) is 33.6 Å². The number of hydrogen-bond donors (Lipinski definition) is 0. The first-order valence-electron chi connectivity index (χ1n) is 9.01. The van der Waals surface area contributed by atoms with Crippen LogP contribution >= 0.6 is 0 Å². The van der Waals surface area contributed by atoms with Crippen LogP contribution in [0.4, 0.5) is 0 Å². The van der Waals surface area contributed by atoms with Crippen molar-refractivity contribution in [1.82, 2.24) is 9.88 Å². The smallest absolute Gasteiger partial charge is 0.253 e. The van der Waals surface area contributed by atoms with Gasteiger partial charge in [0.1, 0.15) is 0 Å². The normalized spacial score (nSPS) is 15.3. The Hall–Kier alpha value is -2.61. The molecule has 1 aromatic heterocycles. The maximum Gasteiger partial charge on any atom is 0.253 e. The Kier molecular flexibility index (Phi) is 5.88. The molecule has 1 amide bonds. The number of amides is 1. The van der Waals surface area contributed by atoms with Gasteiger partial charge in [0.15, 0.2) is 21.3 Å². The highest BCUT2D eigenvalue weighted by Crippen LogP contribution is 2.32. The number of sulfone groups is 1. The van der Waals surface area contributed by atoms with E-state index in [1.165, 1.54) is 13.4 Å². The van der Waals surface area contributed by atoms with E-state index in [9.17, 15) is 13.2 Å². The molecular weight excluding hydrogens is 380 g/mol. The van der Waals surface area contributed by atoms with E-state index in [0.717, 1.165) is 0 Å². The third-order valence-electron chi connectivity index (χ3n) is 5.00. The maximum atomic E-state index is 12.9. The minimum Gasteiger partial charge on any atom is -0.493 e. The summed E-state index contributed by atoms with van der Waals surface area (Å²) in [5.41, 5.74) is 1.13. The summed E-state index contributed by atoms with van der Waals surface area (Å²) in [5, 5.41) is 0. The zero-order valence-corrected chi connectivity index (χ0v) is 17.0. The summed E-state index contributed by atoms with van der Waals surface area (Å²) in [6, 6.07) is 8.34. The van der Waals surface area contributed by atoms with Crippen molar-refractivity contribution in [2.45, 2.75) is 23.7 Å². The Balaban J connectivity index is 1.74. The largest absolute Gasteiger partial charge is 0.493 e. The Morgan fingerprint density at radius 3 is 2.39 bits per heavy atom. The first kappa shape index (κ1) is 20.1. The predicted octanol–water partition coefficient (Wildman–Crippen LogP) is 2.52. The number of hydrogen-bond acceptors (Lipinski definition) is 6. The summed E-state index contributed by atoms with van der Waals surface area (Å²) in [6.07, 6.45) is 4.14. The lowest BCUT2D eigenvalue weighted by Gasteiger charge is -2.32. The third kappa shape index (κ3) is 4.11. The van der Waals surface area contributed by atoms with Gasteiger partial charge in [-0.15, -0.1) is 0 Å². The van der Waals surface area contributed by atoms with E-state index in [2.05, 4.69) is 4.98 Å². The van der Waals surface area contributed by atoms with Crippen molar-refractivity contribution in [1.29, 1.82) is 0 Å². The second kappa shape index (κ2) is 8.18. The van der Waals surface area contributed by atoms with Crippen LogP contribution in [0.2, 0.25) is 0 Å². The van der Waals surface area contributed by atoms with Gasteiger partial charge in [0, 0.05) is 37.0 Å². The molecule has 3 rings (SSSR count). The minimum absolute atomic E-state index is 0.0142. The highest BCUT2D eigenvalue weighted by molar-refractivity contribution is 7.90. The lowest BCUT2D eigenvalue weighted by atomic mass is 9.92. The fourth-order valence-corrected chi connectivity index (χ4v) is 4.46. The molecule has 0 bridgehead atoms. The number of likely N-dealkylation sites (tertiary alicyclic amines) is 1. The highest BCUT2D eigenvalue weighted by atomic mass is 32.2. The topological polar surface area (TPSA) is 85.8 Å². The van der Waals surface area contributed by atoms with Crippen LogP contribution in [0.15, 0.2) is 41.4 Å². The Labute approximate surface area is 165 Å². The van der Waals surface area contributed by atoms with Gasteiger partial charge in [0.05, 0.1) is 24.8 Å². The van der Waals surface area contributed by atoms with Crippen molar-refractivity contribution < 1.29 is 22.7 Å². The van der Waals surface area contributed by atoms with Crippen molar-refractivity contribution in [2.24, 2.45) is 0 Å². The molecule has 0 saturated carbocycles. The fourth-order valence-electron chi connectivity index (χ4n) is 3.53. The molecule has 0 atom stereocenters. The van der Waals surface area contributed by atoms with Crippen molar-refractivity contribution >= 4 is 15.7 Å². The molecule has 0 unspecified atom stereocenters. The molecule has 28 heavy (non-hydrogen) atoms. The molecule has 8 heteroatoms. The zero-order valence-electron chi connectivity index (χ0n) is 16.2. The SMILES string of the molecule is COc1ccc(C(=O)N2CCC(c3ncccc3S(C)(=O)=O)CC2)cc1OC. The molecular formula is C20H24N2O5S. The van der Waals surface area contributed by atoms with E-state index in [4.69, 9.17) is 9.47 Å². The minimum atomic E-state index is -3.34. The average Bonchev–Trinajstić information content (AvgIpc) is 2.72. The number of benzene rings is 1. The maximum absolute atomic E-state index is 12.9. The summed E-state index contributed by atoms with van der Waals surface area (Å²) in [5.74, 6) is 1.01. The zero-order chi connectivity index (χ0) is 20.3. The second-order valence-corrected chi connectivity index (χ2v) is 8.78. The number of carbonyl (C=O) groups is 1. The second-order valence-electron chi connectivity index (χ2n) is 6.80. The summed E-state index contributed by atoms with van der Waals surface area (Å²) in [6.45, 7) is 1.08. The van der Waals surface area contributed by atoms with Gasteiger partial charge in [-0.2, -0.15) is 0 Å². The monoisotopic (exact) mass is 404 g/mol. The summed E-state index contributed by atoms with van der Waals surface area (Å²) in [7, 11) is -0.259. The number of rotatable bonds is 5. The highest BCUT2D eigenvalue weighted by Gasteiger charge is 2.29. The summed E-state index contributed by atoms with van der Waals surface area (Å²) in [4.78, 5) is 19.2. The van der Waals surface area contributed by atoms with Gasteiger partial charge < -0.3 is 14.4 Å². The molecule has 1 saturated heterocycles. The van der Waals surface area contributed by atoms with Crippen LogP contribution in [-0.2, 0) is 9.84 Å². The number of piperidine rings is 1. The molecule has 0 aliphatic carbocycles. The van der Waals surface area contributed by atoms with Crippen LogP contribution in [0.3, 0.4) is 0 Å². The molecule has 0 N–H and O–H groups in total. The van der Waals surface area contributed by atoms with Gasteiger partial charge >= 0.3 is 0 Å². The lowest BCUT2D eigenvalue weighted by Crippen LogP contribution is -2.38. The van der Waals surface area contributed by atoms with E-state index >= 15 is 0 Å². The van der Waals surface area contributed by atoms with E-state index in [0.29, 0.717) is 48.7 Å². The summed E-state index contributed by atoms with van der Waals surface area (Å²) >= 11 is 0. The van der Waals surface area contributed by atoms with Gasteiger partial charge in [-0.05, 0) is 43.2 Å². The predicted molar refractivity (Wildman–Crippen MR) is 105 cm³/mol. The number of pyridine rings is 1. The fraction of sp³-hybridized carbons (Fsp3) is 0.400. The van der Waals surface area contributed by atoms with Crippen molar-refractivity contribution in [3.05, 3.63) is 47.8 Å². The van der Waals surface area contributed by atoms with Crippen molar-refractivity contribution in [3.63, 3.8) is 0 Å². The van der Waals surface area contributed by atoms with Crippen LogP contribution < -0.4 is 9.47 Å². The van der Waals surface area contributed by atoms with Gasteiger partial charge in [-0.3, -0.25) is 9.78 Å². The molecule has 0 spiro atoms. The third-order valence-corrected chi connectivity index (χ3v) is 6.14. The van der Waals surface area contributed by atoms with Gasteiger partial charge in [0.25, 0.3) is 5.91 Å². The first-order chi connectivity index (χ1) is 13.3. The van der Waals surface area contributed by atoms with Gasteiger partial charge in [-0.25, -0.2) is 8.42 Å². The number of carbonyl (C=O) groups excluding carboxylic acids is 1. The van der Waals surface area contributed by atoms with E-state index in [-0.39, 0.29) is 16.7 Å². The van der Waals surface area contributed by atoms with Crippen LogP contribution in [0, 0.1) is 0 Å². The number of ether oxygens (including phenoxy) is 2. The van der Waals surface area contributed by atoms with Gasteiger partial charge in [-0.1, -0.05) is 0 Å². The van der Waals surface area contributed by atoms with Crippen LogP contribution in [0.1, 0.15) is 34.8 Å². The van der Waals surface area contributed by atoms with Crippen LogP contribution in [0.5, 0.6) is 11.5 Å². The van der Waals surface area contributed by atoms with Crippen LogP contribution in [0.25, 0.3) is 0 Å². The standard InChI is InChI=1S/C20H24N2O5S/c1-26-16-7-6-15(13-17(16)27-2)20(23)22-11-8-14(9-12-22)19-18(28(3,24)25)5-4-10-21-19/h4-7,10,13-14H,8-9,11-12H2,1-3H3. The molecule has 150 valence electrons. The number of methoxy groups -OCH3 is 2. The number of aromatic nitrogens is 1. The van der Waals surface area contributed by atoms with Crippen molar-refractivity contribution in [3.8, 4) is 11.5 Å². The molecule has 1 aliphatic heterocycles. The Morgan fingerprint density at radius 1 is 1.11 bits per heavy atom. The summed E-state index contributed by atoms with van der Waals surface area (Å²) < 4.78 is 34.6. The molecule has 1 aliphatic rings. The average molecular weight is 404 g/mol. The Morgan fingerprint density at radius 2 is 1.79 bits per heavy atom.